The number of halogens is 3. The van der Waals surface area contributed by atoms with Gasteiger partial charge >= 0.3 is 6.18 Å². The van der Waals surface area contributed by atoms with Gasteiger partial charge in [-0.25, -0.2) is 9.50 Å². The number of alkyl halides is 3. The van der Waals surface area contributed by atoms with Crippen LogP contribution in [0.2, 0.25) is 0 Å². The fraction of sp³-hybridized carbons (Fsp3) is 0.150. The SMILES string of the molecule is Cc1cc(C(F)(F)F)n2nc(C(=O)Nc3cccc(NC(=O)c4ccn(C)n4)c3)cc2n1. The molecule has 164 valence electrons. The highest BCUT2D eigenvalue weighted by atomic mass is 19.4. The first-order valence-electron chi connectivity index (χ1n) is 9.27. The van der Waals surface area contributed by atoms with Crippen molar-refractivity contribution in [1.29, 1.82) is 0 Å². The normalized spacial score (nSPS) is 11.5. The first kappa shape index (κ1) is 21.0. The lowest BCUT2D eigenvalue weighted by molar-refractivity contribution is -0.142. The highest BCUT2D eigenvalue weighted by Crippen LogP contribution is 2.30. The number of fused-ring (bicyclic) bond motifs is 1. The summed E-state index contributed by atoms with van der Waals surface area (Å²) < 4.78 is 42.0. The number of carbonyl (C=O) groups excluding carboxylic acids is 2. The summed E-state index contributed by atoms with van der Waals surface area (Å²) in [7, 11) is 1.68. The molecule has 1 aromatic carbocycles. The number of aromatic nitrogens is 5. The maximum absolute atomic E-state index is 13.3. The van der Waals surface area contributed by atoms with Crippen molar-refractivity contribution >= 4 is 28.8 Å². The summed E-state index contributed by atoms with van der Waals surface area (Å²) in [6.45, 7) is 1.42. The second-order valence-corrected chi connectivity index (χ2v) is 6.94. The van der Waals surface area contributed by atoms with E-state index in [-0.39, 0.29) is 22.7 Å². The van der Waals surface area contributed by atoms with Crippen LogP contribution in [0.25, 0.3) is 5.65 Å². The molecule has 0 aliphatic carbocycles. The predicted octanol–water partition coefficient (Wildman–Crippen LogP) is 3.29. The summed E-state index contributed by atoms with van der Waals surface area (Å²) in [6.07, 6.45) is -3.03. The van der Waals surface area contributed by atoms with E-state index >= 15 is 0 Å². The number of hydrogen-bond acceptors (Lipinski definition) is 5. The third-order valence-electron chi connectivity index (χ3n) is 4.40. The molecule has 0 bridgehead atoms. The number of rotatable bonds is 4. The Labute approximate surface area is 178 Å². The number of benzene rings is 1. The van der Waals surface area contributed by atoms with Crippen molar-refractivity contribution < 1.29 is 22.8 Å². The smallest absolute Gasteiger partial charge is 0.321 e. The number of anilines is 2. The van der Waals surface area contributed by atoms with Gasteiger partial charge in [0.15, 0.2) is 17.0 Å². The van der Waals surface area contributed by atoms with Crippen molar-refractivity contribution in [2.75, 3.05) is 10.6 Å². The number of hydrogen-bond donors (Lipinski definition) is 2. The van der Waals surface area contributed by atoms with Crippen LogP contribution in [0.4, 0.5) is 24.5 Å². The molecule has 0 radical (unpaired) electrons. The van der Waals surface area contributed by atoms with E-state index in [1.54, 1.807) is 37.5 Å². The molecule has 0 saturated carbocycles. The molecule has 9 nitrogen and oxygen atoms in total. The minimum Gasteiger partial charge on any atom is -0.321 e. The van der Waals surface area contributed by atoms with Gasteiger partial charge in [0.2, 0.25) is 0 Å². The molecular formula is C20H16F3N7O2. The van der Waals surface area contributed by atoms with Gasteiger partial charge in [-0.2, -0.15) is 23.4 Å². The van der Waals surface area contributed by atoms with Crippen molar-refractivity contribution in [3.05, 3.63) is 71.4 Å². The lowest BCUT2D eigenvalue weighted by Gasteiger charge is -2.09. The van der Waals surface area contributed by atoms with Crippen LogP contribution in [0.5, 0.6) is 0 Å². The molecule has 2 N–H and O–H groups in total. The fourth-order valence-electron chi connectivity index (χ4n) is 3.01. The summed E-state index contributed by atoms with van der Waals surface area (Å²) in [5, 5.41) is 13.0. The van der Waals surface area contributed by atoms with Crippen LogP contribution in [0.3, 0.4) is 0 Å². The van der Waals surface area contributed by atoms with E-state index in [1.165, 1.54) is 23.7 Å². The van der Waals surface area contributed by atoms with E-state index in [2.05, 4.69) is 25.8 Å². The first-order valence-corrected chi connectivity index (χ1v) is 9.27. The standard InChI is InChI=1S/C20H16F3N7O2/c1-11-8-16(20(21,22)23)30-17(24-11)10-15(28-30)19(32)26-13-5-3-4-12(9-13)25-18(31)14-6-7-29(2)27-14/h3-10H,1-2H3,(H,25,31)(H,26,32). The number of carbonyl (C=O) groups is 2. The van der Waals surface area contributed by atoms with E-state index in [4.69, 9.17) is 0 Å². The molecular weight excluding hydrogens is 427 g/mol. The number of nitrogens with one attached hydrogen (secondary N) is 2. The number of aryl methyl sites for hydroxylation is 2. The van der Waals surface area contributed by atoms with Gasteiger partial charge < -0.3 is 10.6 Å². The fourth-order valence-corrected chi connectivity index (χ4v) is 3.01. The van der Waals surface area contributed by atoms with Gasteiger partial charge in [0.25, 0.3) is 11.8 Å². The Morgan fingerprint density at radius 2 is 1.59 bits per heavy atom. The van der Waals surface area contributed by atoms with Crippen LogP contribution < -0.4 is 10.6 Å². The maximum Gasteiger partial charge on any atom is 0.433 e. The quantitative estimate of drug-likeness (QED) is 0.504. The molecule has 4 aromatic rings. The largest absolute Gasteiger partial charge is 0.433 e. The molecule has 32 heavy (non-hydrogen) atoms. The van der Waals surface area contributed by atoms with Gasteiger partial charge in [-0.1, -0.05) is 6.07 Å². The Morgan fingerprint density at radius 3 is 2.19 bits per heavy atom. The highest BCUT2D eigenvalue weighted by molar-refractivity contribution is 6.05. The average molecular weight is 443 g/mol. The van der Waals surface area contributed by atoms with Gasteiger partial charge in [0, 0.05) is 36.4 Å². The maximum atomic E-state index is 13.3. The predicted molar refractivity (Wildman–Crippen MR) is 108 cm³/mol. The van der Waals surface area contributed by atoms with E-state index in [1.807, 2.05) is 0 Å². The molecule has 4 rings (SSSR count). The monoisotopic (exact) mass is 443 g/mol. The van der Waals surface area contributed by atoms with Crippen LogP contribution in [-0.4, -0.2) is 36.2 Å². The molecule has 3 heterocycles. The lowest BCUT2D eigenvalue weighted by atomic mass is 10.2. The molecule has 0 saturated heterocycles. The third kappa shape index (κ3) is 4.29. The average Bonchev–Trinajstić information content (AvgIpc) is 3.33. The Morgan fingerprint density at radius 1 is 0.938 bits per heavy atom. The summed E-state index contributed by atoms with van der Waals surface area (Å²) in [5.41, 5.74) is -0.298. The molecule has 2 amide bonds. The minimum absolute atomic E-state index is 0.0983. The molecule has 0 atom stereocenters. The second kappa shape index (κ2) is 7.80. The summed E-state index contributed by atoms with van der Waals surface area (Å²) in [6, 6.07) is 9.85. The second-order valence-electron chi connectivity index (χ2n) is 6.94. The van der Waals surface area contributed by atoms with E-state index in [9.17, 15) is 22.8 Å². The Kier molecular flexibility index (Phi) is 5.12. The Bertz CT molecular complexity index is 1340. The molecule has 3 aromatic heterocycles. The molecule has 0 aliphatic heterocycles. The van der Waals surface area contributed by atoms with E-state index < -0.39 is 23.7 Å². The van der Waals surface area contributed by atoms with Gasteiger partial charge in [-0.3, -0.25) is 14.3 Å². The summed E-state index contributed by atoms with van der Waals surface area (Å²) in [5.74, 6) is -1.16. The topological polar surface area (TPSA) is 106 Å². The van der Waals surface area contributed by atoms with E-state index in [0.717, 1.165) is 6.07 Å². The lowest BCUT2D eigenvalue weighted by Crippen LogP contribution is -2.16. The van der Waals surface area contributed by atoms with Crippen molar-refractivity contribution in [3.63, 3.8) is 0 Å². The zero-order valence-corrected chi connectivity index (χ0v) is 16.8. The van der Waals surface area contributed by atoms with Crippen LogP contribution in [-0.2, 0) is 13.2 Å². The highest BCUT2D eigenvalue weighted by Gasteiger charge is 2.35. The number of amides is 2. The summed E-state index contributed by atoms with van der Waals surface area (Å²) in [4.78, 5) is 28.8. The van der Waals surface area contributed by atoms with Gasteiger partial charge in [-0.05, 0) is 37.3 Å². The first-order chi connectivity index (χ1) is 15.1. The Hall–Kier alpha value is -4.22. The van der Waals surface area contributed by atoms with E-state index in [0.29, 0.717) is 15.9 Å². The molecule has 0 spiro atoms. The van der Waals surface area contributed by atoms with Crippen LogP contribution in [0.1, 0.15) is 32.4 Å². The molecule has 0 fully saturated rings. The zero-order valence-electron chi connectivity index (χ0n) is 16.8. The minimum atomic E-state index is -4.66. The summed E-state index contributed by atoms with van der Waals surface area (Å²) >= 11 is 0. The zero-order chi connectivity index (χ0) is 23.0. The van der Waals surface area contributed by atoms with Gasteiger partial charge in [0.05, 0.1) is 0 Å². The Balaban J connectivity index is 1.55. The molecule has 0 aliphatic rings. The van der Waals surface area contributed by atoms with Crippen LogP contribution >= 0.6 is 0 Å². The number of nitrogens with zero attached hydrogens (tertiary/aromatic N) is 5. The molecule has 0 unspecified atom stereocenters. The third-order valence-corrected chi connectivity index (χ3v) is 4.40. The van der Waals surface area contributed by atoms with Crippen LogP contribution in [0, 0.1) is 6.92 Å². The van der Waals surface area contributed by atoms with Crippen molar-refractivity contribution in [1.82, 2.24) is 24.4 Å². The van der Waals surface area contributed by atoms with Crippen molar-refractivity contribution in [2.24, 2.45) is 7.05 Å². The van der Waals surface area contributed by atoms with Crippen molar-refractivity contribution in [2.45, 2.75) is 13.1 Å². The van der Waals surface area contributed by atoms with Gasteiger partial charge in [-0.15, -0.1) is 0 Å². The molecule has 12 heteroatoms. The van der Waals surface area contributed by atoms with Crippen molar-refractivity contribution in [3.8, 4) is 0 Å². The van der Waals surface area contributed by atoms with Crippen LogP contribution in [0.15, 0.2) is 48.7 Å². The van der Waals surface area contributed by atoms with Gasteiger partial charge in [0.1, 0.15) is 5.69 Å².